The Balaban J connectivity index is 1.14. The van der Waals surface area contributed by atoms with E-state index in [0.29, 0.717) is 64.2 Å². The van der Waals surface area contributed by atoms with Gasteiger partial charge in [-0.05, 0) is 111 Å². The molecule has 4 aliphatic rings. The van der Waals surface area contributed by atoms with E-state index in [-0.39, 0.29) is 82.5 Å². The van der Waals surface area contributed by atoms with Gasteiger partial charge in [0.15, 0.2) is 0 Å². The van der Waals surface area contributed by atoms with Crippen LogP contribution in [-0.4, -0.2) is 374 Å². The van der Waals surface area contributed by atoms with E-state index in [1.165, 1.54) is 63.1 Å². The highest BCUT2D eigenvalue weighted by Gasteiger charge is 2.51. The van der Waals surface area contributed by atoms with Crippen molar-refractivity contribution < 1.29 is 127 Å². The van der Waals surface area contributed by atoms with E-state index >= 15 is 47.9 Å². The highest BCUT2D eigenvalue weighted by Crippen LogP contribution is 2.30. The third-order valence-corrected chi connectivity index (χ3v) is 27.6. The molecule has 0 bridgehead atoms. The SMILES string of the molecule is CCCC[C@H]1C(=O)N(C)[C@@H](CCCC)C(=O)N[C@@H](CC(C)C)C(=O)N[C@H](C(=O)NCC(N)=O)CSCC(=O)N[C@@H](Cc2ccc(O)cc2)C(=O)N(C)[C@@H](C)C(=O)N[C@@H](CC(N)=O)C(=O)N2CCC[C@H]2C(=O)N[C@@H](CNC2[C@@H](O)[C@@H](O)[C@@H](O)[C@H](O)[C@H]2O)C(=O)N[C@@H](CC(C)C)C(=O)N2C[C@H](O)C[C@H]2C(=O)N[C@@H](Cc2c[nH]c3ccccc23)C(=O)N[C@@H](CCN)C(=O)N[C@@H](Cc2cn(CC(=O)O)c3ccccc23)C(=O)N1C. The zero-order valence-corrected chi connectivity index (χ0v) is 83.9. The number of amides is 17. The molecule has 1 aliphatic carbocycles. The number of carboxylic acids is 1. The van der Waals surface area contributed by atoms with Crippen molar-refractivity contribution in [3.63, 3.8) is 0 Å². The summed E-state index contributed by atoms with van der Waals surface area (Å²) in [6, 6.07) is -5.70. The van der Waals surface area contributed by atoms with Crippen LogP contribution in [0.5, 0.6) is 5.75 Å². The molecule has 0 radical (unpaired) electrons. The van der Waals surface area contributed by atoms with Crippen molar-refractivity contribution in [3.05, 3.63) is 102 Å². The van der Waals surface area contributed by atoms with E-state index in [4.69, 9.17) is 17.2 Å². The van der Waals surface area contributed by atoms with Crippen molar-refractivity contribution in [1.29, 1.82) is 0 Å². The van der Waals surface area contributed by atoms with Crippen LogP contribution in [0.15, 0.2) is 85.2 Å². The van der Waals surface area contributed by atoms with Gasteiger partial charge in [0, 0.05) is 106 Å². The summed E-state index contributed by atoms with van der Waals surface area (Å²) in [6.45, 7) is 8.40. The normalized spacial score (nSPS) is 27.7. The average Bonchev–Trinajstić information content (AvgIpc) is 1.69. The number of phenolic OH excluding ortho intramolecular Hbond substituents is 1. The first-order chi connectivity index (χ1) is 68.7. The number of aromatic amines is 1. The molecule has 1 unspecified atom stereocenters. The molecule has 26 N–H and O–H groups in total. The summed E-state index contributed by atoms with van der Waals surface area (Å²) in [4.78, 5) is 274. The molecule has 796 valence electrons. The van der Waals surface area contributed by atoms with E-state index in [0.717, 1.165) is 36.3 Å². The maximum Gasteiger partial charge on any atom is 0.323 e. The smallest absolute Gasteiger partial charge is 0.323 e. The molecule has 21 atom stereocenters. The van der Waals surface area contributed by atoms with E-state index in [2.05, 4.69) is 63.5 Å². The molecule has 17 amide bonds. The highest BCUT2D eigenvalue weighted by molar-refractivity contribution is 8.00. The Bertz CT molecular complexity index is 5420. The lowest BCUT2D eigenvalue weighted by Gasteiger charge is -2.42. The maximum absolute atomic E-state index is 16.0. The van der Waals surface area contributed by atoms with Crippen LogP contribution < -0.4 is 75.7 Å². The topological polar surface area (TPSA) is 716 Å². The Kier molecular flexibility index (Phi) is 42.8. The van der Waals surface area contributed by atoms with Crippen molar-refractivity contribution >= 4 is 140 Å². The number of hydrogen-bond acceptors (Lipinski definition) is 28. The molecule has 3 saturated heterocycles. The van der Waals surface area contributed by atoms with Gasteiger partial charge in [-0.15, -0.1) is 11.8 Å². The van der Waals surface area contributed by atoms with Gasteiger partial charge in [-0.25, -0.2) is 0 Å². The number of carbonyl (C=O) groups is 18. The number of nitrogens with one attached hydrogen (secondary N) is 12. The monoisotopic (exact) mass is 2050 g/mol. The number of aliphatic carboxylic acids is 1. The first-order valence-corrected chi connectivity index (χ1v) is 50.0. The largest absolute Gasteiger partial charge is 0.508 e. The van der Waals surface area contributed by atoms with Gasteiger partial charge in [0.2, 0.25) is 100 Å². The Morgan fingerprint density at radius 1 is 0.524 bits per heavy atom. The summed E-state index contributed by atoms with van der Waals surface area (Å²) < 4.78 is 1.42. The molecule has 5 heterocycles. The lowest BCUT2D eigenvalue weighted by molar-refractivity contribution is -0.190. The number of aliphatic hydroxyl groups is 6. The molecule has 9 rings (SSSR count). The van der Waals surface area contributed by atoms with Crippen molar-refractivity contribution in [2.45, 2.75) is 285 Å². The summed E-state index contributed by atoms with van der Waals surface area (Å²) in [5.74, 6) is -20.3. The van der Waals surface area contributed by atoms with Crippen molar-refractivity contribution in [2.75, 3.05) is 65.4 Å². The van der Waals surface area contributed by atoms with Gasteiger partial charge in [-0.3, -0.25) is 86.3 Å². The van der Waals surface area contributed by atoms with Crippen LogP contribution in [0.25, 0.3) is 21.8 Å². The number of phenols is 1. The van der Waals surface area contributed by atoms with Crippen molar-refractivity contribution in [1.82, 2.24) is 92.5 Å². The number of aromatic hydroxyl groups is 1. The number of hydrogen-bond donors (Lipinski definition) is 23. The predicted octanol–water partition coefficient (Wildman–Crippen LogP) is -5.42. The number of fused-ring (bicyclic) bond motifs is 4. The molecule has 48 heteroatoms. The summed E-state index contributed by atoms with van der Waals surface area (Å²) in [6.07, 6.45) is -10.7. The number of thioether (sulfide) groups is 1. The minimum Gasteiger partial charge on any atom is -0.508 e. The Morgan fingerprint density at radius 3 is 1.69 bits per heavy atom. The first kappa shape index (κ1) is 116. The number of H-pyrrole nitrogens is 1. The molecular weight excluding hydrogens is 1910 g/mol. The zero-order valence-electron chi connectivity index (χ0n) is 83.1. The number of unbranched alkanes of at least 4 members (excludes halogenated alkanes) is 2. The van der Waals surface area contributed by atoms with Gasteiger partial charge in [0.05, 0.1) is 30.9 Å². The molecular formula is C97H141N21O26S. The zero-order chi connectivity index (χ0) is 107. The fourth-order valence-electron chi connectivity index (χ4n) is 18.5. The molecule has 47 nitrogen and oxygen atoms in total. The van der Waals surface area contributed by atoms with E-state index in [1.807, 2.05) is 13.8 Å². The number of aliphatic hydroxyl groups excluding tert-OH is 6. The number of benzene rings is 3. The fraction of sp³-hybridized carbons (Fsp3) is 0.588. The van der Waals surface area contributed by atoms with E-state index < -0.39 is 297 Å². The van der Waals surface area contributed by atoms with Crippen LogP contribution in [0.1, 0.15) is 149 Å². The summed E-state index contributed by atoms with van der Waals surface area (Å²) in [5, 5.41) is 117. The first-order valence-electron chi connectivity index (χ1n) is 48.9. The maximum atomic E-state index is 16.0. The third-order valence-electron chi connectivity index (χ3n) is 26.5. The molecule has 0 spiro atoms. The van der Waals surface area contributed by atoms with E-state index in [9.17, 15) is 79.2 Å². The fourth-order valence-corrected chi connectivity index (χ4v) is 19.4. The van der Waals surface area contributed by atoms with Gasteiger partial charge >= 0.3 is 5.97 Å². The highest BCUT2D eigenvalue weighted by atomic mass is 32.2. The Morgan fingerprint density at radius 2 is 1.06 bits per heavy atom. The number of para-hydroxylation sites is 2. The van der Waals surface area contributed by atoms with Crippen molar-refractivity contribution in [3.8, 4) is 5.75 Å². The Hall–Kier alpha value is -13.0. The molecule has 3 aromatic carbocycles. The summed E-state index contributed by atoms with van der Waals surface area (Å²) in [7, 11) is 3.83. The van der Waals surface area contributed by atoms with Gasteiger partial charge in [0.1, 0.15) is 127 Å². The molecule has 2 aromatic heterocycles. The van der Waals surface area contributed by atoms with Crippen LogP contribution in [0.2, 0.25) is 0 Å². The lowest BCUT2D eigenvalue weighted by Crippen LogP contribution is -2.69. The quantitative estimate of drug-likeness (QED) is 0.0222. The molecule has 1 saturated carbocycles. The number of likely N-dealkylation sites (N-methyl/N-ethyl adjacent to an activating group) is 3. The van der Waals surface area contributed by atoms with E-state index in [1.54, 1.807) is 82.4 Å². The number of rotatable bonds is 28. The van der Waals surface area contributed by atoms with Gasteiger partial charge in [0.25, 0.3) is 0 Å². The van der Waals surface area contributed by atoms with Gasteiger partial charge in [-0.2, -0.15) is 0 Å². The minimum atomic E-state index is -2.11. The molecule has 4 fully saturated rings. The van der Waals surface area contributed by atoms with Crippen molar-refractivity contribution in [2.24, 2.45) is 29.0 Å². The van der Waals surface area contributed by atoms with Gasteiger partial charge < -0.3 is 151 Å². The minimum absolute atomic E-state index is 0.0210. The van der Waals surface area contributed by atoms with Gasteiger partial charge in [-0.1, -0.05) is 116 Å². The van der Waals surface area contributed by atoms with Crippen LogP contribution in [-0.2, 0) is 112 Å². The Labute approximate surface area is 842 Å². The average molecular weight is 2050 g/mol. The summed E-state index contributed by atoms with van der Waals surface area (Å²) >= 11 is 0.755. The number of aromatic nitrogens is 2. The number of nitrogens with zero attached hydrogens (tertiary/aromatic N) is 6. The number of carbonyl (C=O) groups excluding carboxylic acids is 17. The van der Waals surface area contributed by atoms with Crippen LogP contribution in [0, 0.1) is 11.8 Å². The molecule has 145 heavy (non-hydrogen) atoms. The third kappa shape index (κ3) is 31.1. The molecule has 5 aromatic rings. The number of carboxylic acid groups (broad SMARTS) is 1. The summed E-state index contributed by atoms with van der Waals surface area (Å²) in [5.41, 5.74) is 19.6. The lowest BCUT2D eigenvalue weighted by atomic mass is 9.83. The second kappa shape index (κ2) is 53.7. The second-order valence-electron chi connectivity index (χ2n) is 38.5. The van der Waals surface area contributed by atoms with Crippen LogP contribution in [0.3, 0.4) is 0 Å². The number of nitrogens with two attached hydrogens (primary N) is 3. The standard InChI is InChI=1S/C97H141N21O26S/c1-11-13-23-70-90(137)106-61(34-49(3)4)87(134)112-68(85(132)103-43-75(100)122)47-145-48-76(123)104-64(36-52-27-29-55(119)30-28-52)93(140)113(8)51(7)84(131)108-66(40-74(99)121)95(142)117-33-19-26-71(117)91(138)111-67(42-102-78-79(126)81(128)83(130)82(129)80(78)127)89(136)109-63(35-50(5)6)96(143)118-45-56(120)39-73(118)92(139)107-62(37-53-41-101-59-22-17-15-20-57(53)59)88(135)105-60(31-32-98)86(133)110-65(94(141)115(10)72(24-14-12-2)97(144)114(70)9)38-54-44-116(46-77(124)125)69-25-18-16-21-58(54)69/h15-18,20-22,25,27-30,41,44,49-51,56,60-68,70-73,78-83,101-102,119-120,126-130H,11-14,19,23-24,26,31-40,42-43,45-48,98H2,1-10H3,(H2,99,121)(H2,100,122)(H,103,132)(H,104,123)(H,105,135)(H,106,137)(H,107,139)(H,108,131)(H,109,136)(H,110,133)(H,111,138)(H,112,134)(H,124,125)/t51-,56+,60-,61-,62-,63-,64-,65-,66-,67-,68-,70-,71-,72-,73-,78?,79-,80+,81+,82+,83-/m0/s1. The molecule has 3 aliphatic heterocycles. The second-order valence-corrected chi connectivity index (χ2v) is 39.5. The number of primary amides is 2. The van der Waals surface area contributed by atoms with Crippen LogP contribution >= 0.6 is 11.8 Å². The predicted molar refractivity (Wildman–Crippen MR) is 527 cm³/mol. The van der Waals surface area contributed by atoms with Crippen LogP contribution in [0.4, 0.5) is 0 Å².